The van der Waals surface area contributed by atoms with Crippen molar-refractivity contribution < 1.29 is 9.59 Å². The number of H-pyrrole nitrogens is 1. The Morgan fingerprint density at radius 1 is 1.56 bits per heavy atom. The second-order valence-electron chi connectivity index (χ2n) is 3.39. The number of aromatic amines is 1. The molecule has 0 radical (unpaired) electrons. The van der Waals surface area contributed by atoms with Gasteiger partial charge >= 0.3 is 0 Å². The molecule has 7 heteroatoms. The van der Waals surface area contributed by atoms with Crippen LogP contribution in [0.1, 0.15) is 12.8 Å². The standard InChI is InChI=1S/C9H11N5O2/c1-14-8(15)3-2-6(13-14)9(16)11-7-4-5-10-12-7/h4-5H,2-3H2,1H3,(H2,10,11,12,16). The average Bonchev–Trinajstić information content (AvgIpc) is 2.74. The van der Waals surface area contributed by atoms with Crippen LogP contribution < -0.4 is 5.32 Å². The first-order valence-electron chi connectivity index (χ1n) is 4.81. The van der Waals surface area contributed by atoms with Gasteiger partial charge in [-0.15, -0.1) is 0 Å². The van der Waals surface area contributed by atoms with Crippen molar-refractivity contribution in [2.75, 3.05) is 12.4 Å². The van der Waals surface area contributed by atoms with Gasteiger partial charge in [0.15, 0.2) is 0 Å². The van der Waals surface area contributed by atoms with Gasteiger partial charge in [-0.05, 0) is 0 Å². The molecule has 7 nitrogen and oxygen atoms in total. The summed E-state index contributed by atoms with van der Waals surface area (Å²) in [5, 5.41) is 14.0. The van der Waals surface area contributed by atoms with Crippen molar-refractivity contribution in [3.63, 3.8) is 0 Å². The molecule has 2 heterocycles. The summed E-state index contributed by atoms with van der Waals surface area (Å²) in [5.41, 5.74) is 0.344. The summed E-state index contributed by atoms with van der Waals surface area (Å²) in [6.07, 6.45) is 2.21. The van der Waals surface area contributed by atoms with Crippen molar-refractivity contribution in [2.24, 2.45) is 5.10 Å². The Balaban J connectivity index is 2.05. The molecule has 0 saturated carbocycles. The maximum absolute atomic E-state index is 11.7. The van der Waals surface area contributed by atoms with Crippen LogP contribution in [0.2, 0.25) is 0 Å². The SMILES string of the molecule is CN1N=C(C(=O)Nc2ccn[nH]2)CCC1=O. The minimum Gasteiger partial charge on any atom is -0.306 e. The molecule has 1 aromatic rings. The summed E-state index contributed by atoms with van der Waals surface area (Å²) >= 11 is 0. The molecule has 1 aromatic heterocycles. The van der Waals surface area contributed by atoms with Gasteiger partial charge in [-0.2, -0.15) is 10.2 Å². The van der Waals surface area contributed by atoms with Gasteiger partial charge in [0, 0.05) is 26.0 Å². The number of hydrogen-bond acceptors (Lipinski definition) is 4. The molecular formula is C9H11N5O2. The number of nitrogens with zero attached hydrogens (tertiary/aromatic N) is 3. The number of amides is 2. The molecule has 2 N–H and O–H groups in total. The van der Waals surface area contributed by atoms with Crippen LogP contribution in [0.5, 0.6) is 0 Å². The van der Waals surface area contributed by atoms with Crippen molar-refractivity contribution in [3.05, 3.63) is 12.3 Å². The highest BCUT2D eigenvalue weighted by molar-refractivity contribution is 6.43. The zero-order valence-corrected chi connectivity index (χ0v) is 8.73. The summed E-state index contributed by atoms with van der Waals surface area (Å²) in [7, 11) is 1.53. The third-order valence-corrected chi connectivity index (χ3v) is 2.22. The van der Waals surface area contributed by atoms with Gasteiger partial charge < -0.3 is 5.32 Å². The molecule has 84 valence electrons. The van der Waals surface area contributed by atoms with Gasteiger partial charge in [-0.3, -0.25) is 14.7 Å². The van der Waals surface area contributed by atoms with Gasteiger partial charge in [0.25, 0.3) is 5.91 Å². The van der Waals surface area contributed by atoms with E-state index >= 15 is 0 Å². The number of rotatable bonds is 2. The molecule has 0 saturated heterocycles. The molecule has 0 spiro atoms. The summed E-state index contributed by atoms with van der Waals surface area (Å²) in [5.74, 6) is 0.106. The second kappa shape index (κ2) is 4.13. The minimum atomic E-state index is -0.316. The van der Waals surface area contributed by atoms with Gasteiger partial charge in [-0.1, -0.05) is 0 Å². The van der Waals surface area contributed by atoms with E-state index in [9.17, 15) is 9.59 Å². The van der Waals surface area contributed by atoms with E-state index in [1.165, 1.54) is 18.3 Å². The Morgan fingerprint density at radius 3 is 3.00 bits per heavy atom. The zero-order chi connectivity index (χ0) is 11.5. The first-order valence-corrected chi connectivity index (χ1v) is 4.81. The Labute approximate surface area is 91.5 Å². The summed E-state index contributed by atoms with van der Waals surface area (Å²) in [4.78, 5) is 22.8. The van der Waals surface area contributed by atoms with Crippen LogP contribution in [-0.2, 0) is 9.59 Å². The lowest BCUT2D eigenvalue weighted by molar-refractivity contribution is -0.130. The Kier molecular flexibility index (Phi) is 2.67. The molecule has 2 amide bonds. The highest BCUT2D eigenvalue weighted by Gasteiger charge is 2.21. The molecule has 0 unspecified atom stereocenters. The van der Waals surface area contributed by atoms with Gasteiger partial charge in [0.05, 0.1) is 6.20 Å². The number of hydrogen-bond donors (Lipinski definition) is 2. The van der Waals surface area contributed by atoms with Gasteiger partial charge in [0.1, 0.15) is 11.5 Å². The second-order valence-corrected chi connectivity index (χ2v) is 3.39. The van der Waals surface area contributed by atoms with Crippen molar-refractivity contribution >= 4 is 23.3 Å². The van der Waals surface area contributed by atoms with Crippen LogP contribution in [0.3, 0.4) is 0 Å². The fraction of sp³-hybridized carbons (Fsp3) is 0.333. The van der Waals surface area contributed by atoms with Crippen LogP contribution in [-0.4, -0.2) is 39.8 Å². The van der Waals surface area contributed by atoms with Crippen LogP contribution in [0.4, 0.5) is 5.82 Å². The largest absolute Gasteiger partial charge is 0.306 e. The number of carbonyl (C=O) groups excluding carboxylic acids is 2. The number of carbonyl (C=O) groups is 2. The van der Waals surface area contributed by atoms with Crippen molar-refractivity contribution in [1.29, 1.82) is 0 Å². The van der Waals surface area contributed by atoms with Crippen molar-refractivity contribution in [2.45, 2.75) is 12.8 Å². The van der Waals surface area contributed by atoms with Gasteiger partial charge in [0.2, 0.25) is 5.91 Å². The smallest absolute Gasteiger partial charge is 0.273 e. The van der Waals surface area contributed by atoms with E-state index in [4.69, 9.17) is 0 Å². The molecule has 2 rings (SSSR count). The quantitative estimate of drug-likeness (QED) is 0.733. The Bertz CT molecular complexity index is 437. The first-order chi connectivity index (χ1) is 7.66. The molecule has 16 heavy (non-hydrogen) atoms. The predicted molar refractivity (Wildman–Crippen MR) is 56.7 cm³/mol. The molecule has 0 bridgehead atoms. The molecule has 0 fully saturated rings. The lowest BCUT2D eigenvalue weighted by Gasteiger charge is -2.18. The van der Waals surface area contributed by atoms with E-state index in [0.29, 0.717) is 24.4 Å². The maximum Gasteiger partial charge on any atom is 0.273 e. The number of hydrazone groups is 1. The third-order valence-electron chi connectivity index (χ3n) is 2.22. The highest BCUT2D eigenvalue weighted by Crippen LogP contribution is 2.08. The van der Waals surface area contributed by atoms with Crippen LogP contribution in [0.25, 0.3) is 0 Å². The summed E-state index contributed by atoms with van der Waals surface area (Å²) in [6.45, 7) is 0. The lowest BCUT2D eigenvalue weighted by Crippen LogP contribution is -2.34. The van der Waals surface area contributed by atoms with E-state index in [0.717, 1.165) is 0 Å². The van der Waals surface area contributed by atoms with E-state index in [-0.39, 0.29) is 11.8 Å². The summed E-state index contributed by atoms with van der Waals surface area (Å²) < 4.78 is 0. The Morgan fingerprint density at radius 2 is 2.38 bits per heavy atom. The topological polar surface area (TPSA) is 90.4 Å². The monoisotopic (exact) mass is 221 g/mol. The summed E-state index contributed by atoms with van der Waals surface area (Å²) in [6, 6.07) is 1.64. The van der Waals surface area contributed by atoms with Crippen LogP contribution in [0.15, 0.2) is 17.4 Å². The number of anilines is 1. The molecule has 0 aliphatic carbocycles. The van der Waals surface area contributed by atoms with Crippen molar-refractivity contribution in [3.8, 4) is 0 Å². The number of nitrogens with one attached hydrogen (secondary N) is 2. The van der Waals surface area contributed by atoms with Crippen LogP contribution in [0, 0.1) is 0 Å². The molecule has 0 atom stereocenters. The van der Waals surface area contributed by atoms with E-state index in [2.05, 4.69) is 20.6 Å². The fourth-order valence-corrected chi connectivity index (χ4v) is 1.35. The molecular weight excluding hydrogens is 210 g/mol. The van der Waals surface area contributed by atoms with Gasteiger partial charge in [-0.25, -0.2) is 5.01 Å². The number of aromatic nitrogens is 2. The third kappa shape index (κ3) is 2.08. The fourth-order valence-electron chi connectivity index (χ4n) is 1.35. The normalized spacial score (nSPS) is 15.9. The Hall–Kier alpha value is -2.18. The van der Waals surface area contributed by atoms with E-state index in [1.54, 1.807) is 6.07 Å². The molecule has 1 aliphatic rings. The first kappa shape index (κ1) is 10.3. The van der Waals surface area contributed by atoms with E-state index < -0.39 is 0 Å². The van der Waals surface area contributed by atoms with Crippen LogP contribution >= 0.6 is 0 Å². The van der Waals surface area contributed by atoms with Crippen molar-refractivity contribution in [1.82, 2.24) is 15.2 Å². The molecule has 1 aliphatic heterocycles. The van der Waals surface area contributed by atoms with E-state index in [1.807, 2.05) is 0 Å². The predicted octanol–water partition coefficient (Wildman–Crippen LogP) is -0.0436. The zero-order valence-electron chi connectivity index (χ0n) is 8.73. The lowest BCUT2D eigenvalue weighted by atomic mass is 10.1. The minimum absolute atomic E-state index is 0.0851. The maximum atomic E-state index is 11.7. The highest BCUT2D eigenvalue weighted by atomic mass is 16.2. The average molecular weight is 221 g/mol. The molecule has 0 aromatic carbocycles.